The number of aryl methyl sites for hydroxylation is 3. The van der Waals surface area contributed by atoms with Gasteiger partial charge in [-0.1, -0.05) is 11.2 Å². The van der Waals surface area contributed by atoms with Gasteiger partial charge in [-0.15, -0.1) is 0 Å². The quantitative estimate of drug-likeness (QED) is 0.723. The maximum absolute atomic E-state index is 12.5. The molecule has 0 aromatic carbocycles. The third-order valence-corrected chi connectivity index (χ3v) is 3.48. The minimum atomic E-state index is -4.72. The molecule has 25 heavy (non-hydrogen) atoms. The molecule has 3 heterocycles. The number of hydrogen-bond donors (Lipinski definition) is 0. The van der Waals surface area contributed by atoms with Gasteiger partial charge < -0.3 is 9.09 Å². The van der Waals surface area contributed by atoms with E-state index in [-0.39, 0.29) is 16.9 Å². The van der Waals surface area contributed by atoms with Crippen LogP contribution in [0.1, 0.15) is 17.3 Å². The Kier molecular flexibility index (Phi) is 4.39. The van der Waals surface area contributed by atoms with E-state index >= 15 is 0 Å². The standard InChI is InChI=1S/C16H13F3N4O2/c1-10-3-2-4-12(20-10)6-8-23-7-5-11(9-13(23)24)14-21-15(25-22-14)16(17,18)19/h2-5,7,9H,6,8H2,1H3. The van der Waals surface area contributed by atoms with Gasteiger partial charge in [-0.3, -0.25) is 9.78 Å². The van der Waals surface area contributed by atoms with Gasteiger partial charge in [0, 0.05) is 42.2 Å². The van der Waals surface area contributed by atoms with E-state index in [4.69, 9.17) is 0 Å². The van der Waals surface area contributed by atoms with Crippen molar-refractivity contribution in [3.8, 4) is 11.4 Å². The van der Waals surface area contributed by atoms with Crippen molar-refractivity contribution in [1.82, 2.24) is 19.7 Å². The number of hydrogen-bond acceptors (Lipinski definition) is 5. The molecule has 0 spiro atoms. The van der Waals surface area contributed by atoms with Crippen molar-refractivity contribution in [2.45, 2.75) is 26.1 Å². The van der Waals surface area contributed by atoms with Crippen molar-refractivity contribution in [3.63, 3.8) is 0 Å². The lowest BCUT2D eigenvalue weighted by atomic mass is 10.2. The molecule has 3 rings (SSSR count). The molecule has 3 aromatic rings. The number of pyridine rings is 2. The van der Waals surface area contributed by atoms with Crippen LogP contribution in [0.2, 0.25) is 0 Å². The summed E-state index contributed by atoms with van der Waals surface area (Å²) in [6, 6.07) is 8.28. The fourth-order valence-corrected chi connectivity index (χ4v) is 2.26. The normalized spacial score (nSPS) is 11.7. The highest BCUT2D eigenvalue weighted by atomic mass is 19.4. The van der Waals surface area contributed by atoms with E-state index in [1.165, 1.54) is 22.9 Å². The first-order chi connectivity index (χ1) is 11.8. The number of halogens is 3. The molecule has 6 nitrogen and oxygen atoms in total. The van der Waals surface area contributed by atoms with Gasteiger partial charge in [0.05, 0.1) is 0 Å². The maximum atomic E-state index is 12.5. The Morgan fingerprint density at radius 2 is 2.00 bits per heavy atom. The van der Waals surface area contributed by atoms with Gasteiger partial charge in [0.2, 0.25) is 5.82 Å². The lowest BCUT2D eigenvalue weighted by Gasteiger charge is -2.06. The van der Waals surface area contributed by atoms with Crippen molar-refractivity contribution < 1.29 is 17.7 Å². The summed E-state index contributed by atoms with van der Waals surface area (Å²) < 4.78 is 43.1. The SMILES string of the molecule is Cc1cccc(CCn2ccc(-c3noc(C(F)(F)F)n3)cc2=O)n1. The average Bonchev–Trinajstić information content (AvgIpc) is 3.04. The zero-order chi connectivity index (χ0) is 18.0. The van der Waals surface area contributed by atoms with Crippen LogP contribution in [0, 0.1) is 6.92 Å². The summed E-state index contributed by atoms with van der Waals surface area (Å²) >= 11 is 0. The Labute approximate surface area is 139 Å². The smallest absolute Gasteiger partial charge is 0.329 e. The molecule has 0 saturated heterocycles. The van der Waals surface area contributed by atoms with Crippen LogP contribution in [0.15, 0.2) is 45.8 Å². The largest absolute Gasteiger partial charge is 0.471 e. The van der Waals surface area contributed by atoms with Crippen molar-refractivity contribution in [2.24, 2.45) is 0 Å². The van der Waals surface area contributed by atoms with Crippen molar-refractivity contribution in [1.29, 1.82) is 0 Å². The average molecular weight is 350 g/mol. The Bertz CT molecular complexity index is 947. The number of alkyl halides is 3. The molecule has 0 aliphatic heterocycles. The highest BCUT2D eigenvalue weighted by Gasteiger charge is 2.38. The number of aromatic nitrogens is 4. The van der Waals surface area contributed by atoms with Crippen molar-refractivity contribution in [3.05, 3.63) is 64.2 Å². The lowest BCUT2D eigenvalue weighted by Crippen LogP contribution is -2.20. The lowest BCUT2D eigenvalue weighted by molar-refractivity contribution is -0.159. The van der Waals surface area contributed by atoms with Gasteiger partial charge in [0.15, 0.2) is 0 Å². The molecule has 0 unspecified atom stereocenters. The summed E-state index contributed by atoms with van der Waals surface area (Å²) in [6.07, 6.45) is -2.68. The number of rotatable bonds is 4. The minimum Gasteiger partial charge on any atom is -0.329 e. The van der Waals surface area contributed by atoms with Gasteiger partial charge in [0.1, 0.15) is 0 Å². The van der Waals surface area contributed by atoms with Gasteiger partial charge >= 0.3 is 12.1 Å². The molecule has 9 heteroatoms. The highest BCUT2D eigenvalue weighted by molar-refractivity contribution is 5.52. The van der Waals surface area contributed by atoms with E-state index in [9.17, 15) is 18.0 Å². The van der Waals surface area contributed by atoms with Crippen LogP contribution < -0.4 is 5.56 Å². The van der Waals surface area contributed by atoms with Crippen LogP contribution in [-0.4, -0.2) is 19.7 Å². The molecule has 0 aliphatic rings. The first-order valence-corrected chi connectivity index (χ1v) is 7.37. The predicted molar refractivity (Wildman–Crippen MR) is 81.7 cm³/mol. The Balaban J connectivity index is 1.77. The van der Waals surface area contributed by atoms with E-state index in [2.05, 4.69) is 19.6 Å². The summed E-state index contributed by atoms with van der Waals surface area (Å²) in [6.45, 7) is 2.28. The Morgan fingerprint density at radius 1 is 1.20 bits per heavy atom. The molecule has 0 amide bonds. The zero-order valence-electron chi connectivity index (χ0n) is 13.1. The fourth-order valence-electron chi connectivity index (χ4n) is 2.26. The molecule has 0 saturated carbocycles. The van der Waals surface area contributed by atoms with Crippen molar-refractivity contribution >= 4 is 0 Å². The monoisotopic (exact) mass is 350 g/mol. The van der Waals surface area contributed by atoms with E-state index in [0.29, 0.717) is 13.0 Å². The van der Waals surface area contributed by atoms with E-state index in [1.807, 2.05) is 25.1 Å². The van der Waals surface area contributed by atoms with Crippen LogP contribution in [0.5, 0.6) is 0 Å². The zero-order valence-corrected chi connectivity index (χ0v) is 13.1. The molecule has 0 aliphatic carbocycles. The molecule has 0 N–H and O–H groups in total. The molecule has 130 valence electrons. The van der Waals surface area contributed by atoms with E-state index in [1.54, 1.807) is 0 Å². The first-order valence-electron chi connectivity index (χ1n) is 7.37. The summed E-state index contributed by atoms with van der Waals surface area (Å²) in [5.41, 5.74) is 1.53. The van der Waals surface area contributed by atoms with Crippen molar-refractivity contribution in [2.75, 3.05) is 0 Å². The second-order valence-corrected chi connectivity index (χ2v) is 5.39. The molecular weight excluding hydrogens is 337 g/mol. The second-order valence-electron chi connectivity index (χ2n) is 5.39. The van der Waals surface area contributed by atoms with Crippen LogP contribution in [0.25, 0.3) is 11.4 Å². The molecule has 0 radical (unpaired) electrons. The first kappa shape index (κ1) is 16.9. The van der Waals surface area contributed by atoms with Crippen LogP contribution in [0.3, 0.4) is 0 Å². The fraction of sp³-hybridized carbons (Fsp3) is 0.250. The number of nitrogens with zero attached hydrogens (tertiary/aromatic N) is 4. The summed E-state index contributed by atoms with van der Waals surface area (Å²) in [4.78, 5) is 19.8. The van der Waals surface area contributed by atoms with E-state index in [0.717, 1.165) is 11.4 Å². The Hall–Kier alpha value is -2.97. The Morgan fingerprint density at radius 3 is 2.64 bits per heavy atom. The predicted octanol–water partition coefficient (Wildman–Crippen LogP) is 2.86. The van der Waals surface area contributed by atoms with Crippen LogP contribution in [0.4, 0.5) is 13.2 Å². The van der Waals surface area contributed by atoms with E-state index < -0.39 is 12.1 Å². The van der Waals surface area contributed by atoms with Crippen LogP contribution >= 0.6 is 0 Å². The van der Waals surface area contributed by atoms with Gasteiger partial charge in [-0.2, -0.15) is 18.2 Å². The van der Waals surface area contributed by atoms with Gasteiger partial charge in [-0.25, -0.2) is 0 Å². The van der Waals surface area contributed by atoms with Gasteiger partial charge in [0.25, 0.3) is 5.56 Å². The molecule has 0 atom stereocenters. The summed E-state index contributed by atoms with van der Waals surface area (Å²) in [7, 11) is 0. The van der Waals surface area contributed by atoms with Crippen LogP contribution in [-0.2, 0) is 19.1 Å². The highest BCUT2D eigenvalue weighted by Crippen LogP contribution is 2.28. The van der Waals surface area contributed by atoms with Gasteiger partial charge in [-0.05, 0) is 25.1 Å². The minimum absolute atomic E-state index is 0.161. The molecule has 0 fully saturated rings. The molecule has 0 bridgehead atoms. The third-order valence-electron chi connectivity index (χ3n) is 3.48. The summed E-state index contributed by atoms with van der Waals surface area (Å²) in [5.74, 6) is -1.73. The third kappa shape index (κ3) is 3.93. The topological polar surface area (TPSA) is 73.8 Å². The summed E-state index contributed by atoms with van der Waals surface area (Å²) in [5, 5.41) is 3.26. The maximum Gasteiger partial charge on any atom is 0.471 e. The molecular formula is C16H13F3N4O2. The second kappa shape index (κ2) is 6.50. The molecule has 3 aromatic heterocycles.